The molecular weight excluding hydrogens is 322 g/mol. The SMILES string of the molecule is O=C(c1ccccc1Cl)N(Cc1ccccn1)C1CCCNCC1. The average molecular weight is 344 g/mol. The fourth-order valence-electron chi connectivity index (χ4n) is 3.13. The highest BCUT2D eigenvalue weighted by atomic mass is 35.5. The lowest BCUT2D eigenvalue weighted by Gasteiger charge is -2.31. The fraction of sp³-hybridized carbons (Fsp3) is 0.368. The molecule has 4 nitrogen and oxygen atoms in total. The third-order valence-corrected chi connectivity index (χ3v) is 4.74. The number of halogens is 1. The first-order valence-corrected chi connectivity index (χ1v) is 8.79. The van der Waals surface area contributed by atoms with Crippen molar-refractivity contribution in [3.63, 3.8) is 0 Å². The van der Waals surface area contributed by atoms with Gasteiger partial charge in [0.05, 0.1) is 22.8 Å². The van der Waals surface area contributed by atoms with Gasteiger partial charge in [-0.05, 0) is 56.6 Å². The van der Waals surface area contributed by atoms with Crippen molar-refractivity contribution >= 4 is 17.5 Å². The second-order valence-electron chi connectivity index (χ2n) is 6.07. The van der Waals surface area contributed by atoms with Crippen molar-refractivity contribution in [2.45, 2.75) is 31.8 Å². The van der Waals surface area contributed by atoms with Gasteiger partial charge in [0, 0.05) is 12.2 Å². The van der Waals surface area contributed by atoms with Gasteiger partial charge in [0.1, 0.15) is 0 Å². The summed E-state index contributed by atoms with van der Waals surface area (Å²) < 4.78 is 0. The van der Waals surface area contributed by atoms with Gasteiger partial charge in [-0.3, -0.25) is 9.78 Å². The van der Waals surface area contributed by atoms with E-state index in [0.29, 0.717) is 17.1 Å². The van der Waals surface area contributed by atoms with Gasteiger partial charge in [-0.2, -0.15) is 0 Å². The van der Waals surface area contributed by atoms with Crippen LogP contribution in [0.4, 0.5) is 0 Å². The molecule has 1 aliphatic heterocycles. The van der Waals surface area contributed by atoms with E-state index in [0.717, 1.165) is 38.0 Å². The van der Waals surface area contributed by atoms with E-state index in [9.17, 15) is 4.79 Å². The lowest BCUT2D eigenvalue weighted by Crippen LogP contribution is -2.40. The monoisotopic (exact) mass is 343 g/mol. The lowest BCUT2D eigenvalue weighted by atomic mass is 10.0. The van der Waals surface area contributed by atoms with Crippen molar-refractivity contribution < 1.29 is 4.79 Å². The van der Waals surface area contributed by atoms with E-state index in [1.54, 1.807) is 18.3 Å². The number of hydrogen-bond donors (Lipinski definition) is 1. The summed E-state index contributed by atoms with van der Waals surface area (Å²) in [6.45, 7) is 2.45. The van der Waals surface area contributed by atoms with E-state index in [-0.39, 0.29) is 11.9 Å². The first-order valence-electron chi connectivity index (χ1n) is 8.42. The molecule has 0 bridgehead atoms. The van der Waals surface area contributed by atoms with Crippen LogP contribution in [0, 0.1) is 0 Å². The van der Waals surface area contributed by atoms with Crippen molar-refractivity contribution in [3.05, 3.63) is 64.9 Å². The minimum absolute atomic E-state index is 0.0156. The summed E-state index contributed by atoms with van der Waals surface area (Å²) in [4.78, 5) is 19.5. The first kappa shape index (κ1) is 16.9. The Kier molecular flexibility index (Phi) is 5.83. The van der Waals surface area contributed by atoms with Gasteiger partial charge in [-0.15, -0.1) is 0 Å². The minimum Gasteiger partial charge on any atom is -0.330 e. The molecule has 1 aliphatic rings. The highest BCUT2D eigenvalue weighted by Crippen LogP contribution is 2.23. The highest BCUT2D eigenvalue weighted by molar-refractivity contribution is 6.33. The molecule has 0 radical (unpaired) electrons. The molecule has 5 heteroatoms. The number of carbonyl (C=O) groups is 1. The summed E-state index contributed by atoms with van der Waals surface area (Å²) in [5, 5.41) is 3.91. The molecule has 1 atom stereocenters. The summed E-state index contributed by atoms with van der Waals surface area (Å²) in [7, 11) is 0. The third-order valence-electron chi connectivity index (χ3n) is 4.41. The van der Waals surface area contributed by atoms with Crippen molar-refractivity contribution in [2.24, 2.45) is 0 Å². The third kappa shape index (κ3) is 4.13. The van der Waals surface area contributed by atoms with Gasteiger partial charge >= 0.3 is 0 Å². The summed E-state index contributed by atoms with van der Waals surface area (Å²) in [5.41, 5.74) is 1.46. The zero-order valence-electron chi connectivity index (χ0n) is 13.6. The number of hydrogen-bond acceptors (Lipinski definition) is 3. The van der Waals surface area contributed by atoms with Crippen LogP contribution in [0.5, 0.6) is 0 Å². The van der Waals surface area contributed by atoms with Crippen molar-refractivity contribution in [1.29, 1.82) is 0 Å². The molecule has 0 spiro atoms. The largest absolute Gasteiger partial charge is 0.330 e. The fourth-order valence-corrected chi connectivity index (χ4v) is 3.35. The topological polar surface area (TPSA) is 45.2 Å². The predicted octanol–water partition coefficient (Wildman–Crippen LogP) is 3.52. The molecule has 3 rings (SSSR count). The lowest BCUT2D eigenvalue weighted by molar-refractivity contribution is 0.0642. The summed E-state index contributed by atoms with van der Waals surface area (Å²) in [6, 6.07) is 13.3. The molecule has 0 aliphatic carbocycles. The molecule has 1 aromatic carbocycles. The maximum Gasteiger partial charge on any atom is 0.255 e. The Labute approximate surface area is 147 Å². The number of nitrogens with one attached hydrogen (secondary N) is 1. The van der Waals surface area contributed by atoms with Crippen molar-refractivity contribution in [2.75, 3.05) is 13.1 Å². The van der Waals surface area contributed by atoms with Gasteiger partial charge < -0.3 is 10.2 Å². The van der Waals surface area contributed by atoms with Crippen molar-refractivity contribution in [3.8, 4) is 0 Å². The van der Waals surface area contributed by atoms with Crippen LogP contribution in [0.2, 0.25) is 5.02 Å². The second kappa shape index (κ2) is 8.27. The van der Waals surface area contributed by atoms with Crippen LogP contribution in [0.1, 0.15) is 35.3 Å². The van der Waals surface area contributed by atoms with E-state index in [2.05, 4.69) is 10.3 Å². The minimum atomic E-state index is -0.0156. The van der Waals surface area contributed by atoms with Crippen LogP contribution < -0.4 is 5.32 Å². The van der Waals surface area contributed by atoms with Gasteiger partial charge in [0.2, 0.25) is 0 Å². The molecule has 1 N–H and O–H groups in total. The Morgan fingerprint density at radius 2 is 2.00 bits per heavy atom. The smallest absolute Gasteiger partial charge is 0.255 e. The Balaban J connectivity index is 1.88. The number of amides is 1. The van der Waals surface area contributed by atoms with E-state index in [4.69, 9.17) is 11.6 Å². The van der Waals surface area contributed by atoms with Crippen LogP contribution in [-0.4, -0.2) is 34.9 Å². The van der Waals surface area contributed by atoms with Gasteiger partial charge in [-0.1, -0.05) is 29.8 Å². The van der Waals surface area contributed by atoms with Gasteiger partial charge in [0.15, 0.2) is 0 Å². The quantitative estimate of drug-likeness (QED) is 0.923. The molecule has 126 valence electrons. The normalized spacial score (nSPS) is 18.0. The van der Waals surface area contributed by atoms with Crippen LogP contribution in [0.15, 0.2) is 48.7 Å². The number of rotatable bonds is 4. The molecule has 1 fully saturated rings. The summed E-state index contributed by atoms with van der Waals surface area (Å²) in [5.74, 6) is -0.0156. The van der Waals surface area contributed by atoms with Crippen LogP contribution >= 0.6 is 11.6 Å². The Hall–Kier alpha value is -1.91. The summed E-state index contributed by atoms with van der Waals surface area (Å²) >= 11 is 6.26. The molecule has 0 saturated carbocycles. The van der Waals surface area contributed by atoms with Crippen LogP contribution in [0.3, 0.4) is 0 Å². The molecule has 1 saturated heterocycles. The molecular formula is C19H22ClN3O. The first-order chi connectivity index (χ1) is 11.8. The zero-order valence-corrected chi connectivity index (χ0v) is 14.4. The predicted molar refractivity (Wildman–Crippen MR) is 96.1 cm³/mol. The molecule has 1 amide bonds. The number of pyridine rings is 1. The number of nitrogens with zero attached hydrogens (tertiary/aromatic N) is 2. The van der Waals surface area contributed by atoms with Gasteiger partial charge in [-0.25, -0.2) is 0 Å². The van der Waals surface area contributed by atoms with Crippen molar-refractivity contribution in [1.82, 2.24) is 15.2 Å². The number of carbonyl (C=O) groups excluding carboxylic acids is 1. The maximum absolute atomic E-state index is 13.2. The highest BCUT2D eigenvalue weighted by Gasteiger charge is 2.27. The van der Waals surface area contributed by atoms with E-state index in [1.807, 2.05) is 35.2 Å². The van der Waals surface area contributed by atoms with Crippen LogP contribution in [0.25, 0.3) is 0 Å². The molecule has 2 aromatic rings. The Morgan fingerprint density at radius 3 is 2.79 bits per heavy atom. The number of aromatic nitrogens is 1. The van der Waals surface area contributed by atoms with E-state index < -0.39 is 0 Å². The van der Waals surface area contributed by atoms with Gasteiger partial charge in [0.25, 0.3) is 5.91 Å². The number of benzene rings is 1. The maximum atomic E-state index is 13.2. The van der Waals surface area contributed by atoms with E-state index in [1.165, 1.54) is 0 Å². The standard InChI is InChI=1S/C19H22ClN3O/c20-18-9-2-1-8-17(18)19(24)23(14-15-6-3-4-12-22-15)16-7-5-11-21-13-10-16/h1-4,6,8-9,12,16,21H,5,7,10-11,13-14H2. The van der Waals surface area contributed by atoms with E-state index >= 15 is 0 Å². The molecule has 24 heavy (non-hydrogen) atoms. The summed E-state index contributed by atoms with van der Waals surface area (Å²) in [6.07, 6.45) is 4.78. The second-order valence-corrected chi connectivity index (χ2v) is 6.48. The Bertz CT molecular complexity index is 669. The van der Waals surface area contributed by atoms with Crippen LogP contribution in [-0.2, 0) is 6.54 Å². The molecule has 2 heterocycles. The zero-order chi connectivity index (χ0) is 16.8. The molecule has 1 unspecified atom stereocenters. The Morgan fingerprint density at radius 1 is 1.17 bits per heavy atom. The molecule has 1 aromatic heterocycles. The average Bonchev–Trinajstić information content (AvgIpc) is 2.90.